The molecule has 0 bridgehead atoms. The van der Waals surface area contributed by atoms with Crippen LogP contribution >= 0.6 is 0 Å². The van der Waals surface area contributed by atoms with Crippen molar-refractivity contribution in [1.29, 1.82) is 0 Å². The van der Waals surface area contributed by atoms with Crippen molar-refractivity contribution in [3.63, 3.8) is 0 Å². The highest BCUT2D eigenvalue weighted by Gasteiger charge is 2.11. The minimum atomic E-state index is -0.0376. The van der Waals surface area contributed by atoms with E-state index in [1.807, 2.05) is 13.8 Å². The summed E-state index contributed by atoms with van der Waals surface area (Å²) in [4.78, 5) is 0. The van der Waals surface area contributed by atoms with Crippen molar-refractivity contribution in [2.45, 2.75) is 19.8 Å². The Kier molecular flexibility index (Phi) is 2.66. The largest absolute Gasteiger partial charge is 0.508 e. The molecule has 0 aliphatic heterocycles. The minimum absolute atomic E-state index is 0.0376. The molecule has 2 N–H and O–H groups in total. The second-order valence-electron chi connectivity index (χ2n) is 3.24. The average Bonchev–Trinajstić information content (AvgIpc) is 2.03. The van der Waals surface area contributed by atoms with E-state index in [4.69, 9.17) is 4.74 Å². The number of phenolic OH excluding ortho intramolecular Hbond substituents is 2. The lowest BCUT2D eigenvalue weighted by atomic mass is 10.0. The monoisotopic (exact) mass is 182 g/mol. The van der Waals surface area contributed by atoms with Crippen molar-refractivity contribution in [2.75, 3.05) is 7.11 Å². The number of aromatic hydroxyl groups is 2. The van der Waals surface area contributed by atoms with Gasteiger partial charge >= 0.3 is 0 Å². The number of benzene rings is 1. The van der Waals surface area contributed by atoms with Crippen molar-refractivity contribution < 1.29 is 14.9 Å². The van der Waals surface area contributed by atoms with Crippen molar-refractivity contribution in [3.8, 4) is 17.2 Å². The summed E-state index contributed by atoms with van der Waals surface area (Å²) in [5.74, 6) is 0.661. The zero-order chi connectivity index (χ0) is 10.0. The maximum atomic E-state index is 9.47. The first-order chi connectivity index (χ1) is 6.06. The Balaban J connectivity index is 3.22. The molecule has 72 valence electrons. The summed E-state index contributed by atoms with van der Waals surface area (Å²) in [5, 5.41) is 18.8. The lowest BCUT2D eigenvalue weighted by molar-refractivity contribution is 0.367. The summed E-state index contributed by atoms with van der Waals surface area (Å²) < 4.78 is 4.93. The molecule has 0 atom stereocenters. The third-order valence-electron chi connectivity index (χ3n) is 1.95. The predicted molar refractivity (Wildman–Crippen MR) is 50.4 cm³/mol. The summed E-state index contributed by atoms with van der Waals surface area (Å²) in [6.07, 6.45) is 0. The second-order valence-corrected chi connectivity index (χ2v) is 3.24. The van der Waals surface area contributed by atoms with Crippen LogP contribution in [0.25, 0.3) is 0 Å². The minimum Gasteiger partial charge on any atom is -0.508 e. The number of hydrogen-bond acceptors (Lipinski definition) is 3. The van der Waals surface area contributed by atoms with Crippen LogP contribution in [0.5, 0.6) is 17.2 Å². The first-order valence-corrected chi connectivity index (χ1v) is 4.16. The van der Waals surface area contributed by atoms with Gasteiger partial charge in [0.1, 0.15) is 5.75 Å². The highest BCUT2D eigenvalue weighted by atomic mass is 16.5. The van der Waals surface area contributed by atoms with Gasteiger partial charge in [0.15, 0.2) is 11.5 Å². The summed E-state index contributed by atoms with van der Waals surface area (Å²) >= 11 is 0. The summed E-state index contributed by atoms with van der Waals surface area (Å²) in [7, 11) is 1.48. The van der Waals surface area contributed by atoms with Crippen molar-refractivity contribution in [2.24, 2.45) is 0 Å². The molecule has 0 aliphatic rings. The topological polar surface area (TPSA) is 49.7 Å². The molecule has 0 amide bonds. The Morgan fingerprint density at radius 1 is 1.15 bits per heavy atom. The lowest BCUT2D eigenvalue weighted by Gasteiger charge is -2.11. The summed E-state index contributed by atoms with van der Waals surface area (Å²) in [6.45, 7) is 3.93. The van der Waals surface area contributed by atoms with E-state index < -0.39 is 0 Å². The Morgan fingerprint density at radius 2 is 1.77 bits per heavy atom. The van der Waals surface area contributed by atoms with Gasteiger partial charge in [0.2, 0.25) is 0 Å². The van der Waals surface area contributed by atoms with Crippen LogP contribution < -0.4 is 4.74 Å². The van der Waals surface area contributed by atoms with Gasteiger partial charge in [-0.3, -0.25) is 0 Å². The standard InChI is InChI=1S/C10H14O3/c1-6(2)7-4-10(13-3)9(12)5-8(7)11/h4-6,11-12H,1-3H3. The molecule has 1 rings (SSSR count). The molecule has 0 aliphatic carbocycles. The Bertz CT molecular complexity index is 305. The van der Waals surface area contributed by atoms with Gasteiger partial charge < -0.3 is 14.9 Å². The van der Waals surface area contributed by atoms with E-state index in [-0.39, 0.29) is 17.4 Å². The van der Waals surface area contributed by atoms with Crippen LogP contribution in [0, 0.1) is 0 Å². The number of rotatable bonds is 2. The molecule has 3 nitrogen and oxygen atoms in total. The number of ether oxygens (including phenoxy) is 1. The van der Waals surface area contributed by atoms with Gasteiger partial charge in [-0.25, -0.2) is 0 Å². The molecule has 0 aromatic heterocycles. The highest BCUT2D eigenvalue weighted by molar-refractivity contribution is 5.50. The van der Waals surface area contributed by atoms with E-state index in [0.29, 0.717) is 5.75 Å². The number of hydrogen-bond donors (Lipinski definition) is 2. The zero-order valence-corrected chi connectivity index (χ0v) is 8.03. The predicted octanol–water partition coefficient (Wildman–Crippen LogP) is 2.23. The zero-order valence-electron chi connectivity index (χ0n) is 8.03. The lowest BCUT2D eigenvalue weighted by Crippen LogP contribution is -1.91. The molecule has 1 aromatic rings. The van der Waals surface area contributed by atoms with Gasteiger partial charge in [-0.05, 0) is 12.0 Å². The molecule has 0 heterocycles. The molecule has 0 unspecified atom stereocenters. The Hall–Kier alpha value is -1.38. The fourth-order valence-corrected chi connectivity index (χ4v) is 1.20. The fourth-order valence-electron chi connectivity index (χ4n) is 1.20. The number of methoxy groups -OCH3 is 1. The smallest absolute Gasteiger partial charge is 0.161 e. The Labute approximate surface area is 77.6 Å². The van der Waals surface area contributed by atoms with Gasteiger partial charge in [-0.2, -0.15) is 0 Å². The third-order valence-corrected chi connectivity index (χ3v) is 1.95. The van der Waals surface area contributed by atoms with E-state index in [2.05, 4.69) is 0 Å². The van der Waals surface area contributed by atoms with Crippen LogP contribution in [-0.4, -0.2) is 17.3 Å². The normalized spacial score (nSPS) is 10.5. The second kappa shape index (κ2) is 3.56. The molecule has 0 saturated heterocycles. The van der Waals surface area contributed by atoms with Gasteiger partial charge in [-0.1, -0.05) is 13.8 Å². The number of phenols is 2. The molecule has 0 spiro atoms. The summed E-state index contributed by atoms with van der Waals surface area (Å²) in [5.41, 5.74) is 0.773. The molecule has 0 fully saturated rings. The third kappa shape index (κ3) is 1.86. The van der Waals surface area contributed by atoms with Crippen LogP contribution in [-0.2, 0) is 0 Å². The highest BCUT2D eigenvalue weighted by Crippen LogP contribution is 2.36. The van der Waals surface area contributed by atoms with Gasteiger partial charge in [0.25, 0.3) is 0 Å². The van der Waals surface area contributed by atoms with E-state index >= 15 is 0 Å². The average molecular weight is 182 g/mol. The molecule has 1 aromatic carbocycles. The maximum Gasteiger partial charge on any atom is 0.161 e. The SMILES string of the molecule is COc1cc(C(C)C)c(O)cc1O. The van der Waals surface area contributed by atoms with E-state index in [1.165, 1.54) is 13.2 Å². The van der Waals surface area contributed by atoms with E-state index in [1.54, 1.807) is 6.07 Å². The first-order valence-electron chi connectivity index (χ1n) is 4.16. The fraction of sp³-hybridized carbons (Fsp3) is 0.400. The molecular weight excluding hydrogens is 168 g/mol. The van der Waals surface area contributed by atoms with E-state index in [0.717, 1.165) is 5.56 Å². The molecule has 13 heavy (non-hydrogen) atoms. The summed E-state index contributed by atoms with van der Waals surface area (Å²) in [6, 6.07) is 2.95. The van der Waals surface area contributed by atoms with Crippen molar-refractivity contribution in [1.82, 2.24) is 0 Å². The maximum absolute atomic E-state index is 9.47. The molecule has 0 saturated carbocycles. The van der Waals surface area contributed by atoms with E-state index in [9.17, 15) is 10.2 Å². The van der Waals surface area contributed by atoms with Crippen LogP contribution in [0.1, 0.15) is 25.3 Å². The quantitative estimate of drug-likeness (QED) is 0.737. The molecule has 3 heteroatoms. The first kappa shape index (κ1) is 9.71. The van der Waals surface area contributed by atoms with Crippen LogP contribution in [0.15, 0.2) is 12.1 Å². The van der Waals surface area contributed by atoms with Gasteiger partial charge in [0.05, 0.1) is 7.11 Å². The van der Waals surface area contributed by atoms with Crippen LogP contribution in [0.3, 0.4) is 0 Å². The van der Waals surface area contributed by atoms with Crippen LogP contribution in [0.2, 0.25) is 0 Å². The van der Waals surface area contributed by atoms with Crippen molar-refractivity contribution in [3.05, 3.63) is 17.7 Å². The Morgan fingerprint density at radius 3 is 2.23 bits per heavy atom. The van der Waals surface area contributed by atoms with Gasteiger partial charge in [0, 0.05) is 11.6 Å². The van der Waals surface area contributed by atoms with Crippen LogP contribution in [0.4, 0.5) is 0 Å². The molecular formula is C10H14O3. The molecule has 0 radical (unpaired) electrons. The van der Waals surface area contributed by atoms with Gasteiger partial charge in [-0.15, -0.1) is 0 Å². The van der Waals surface area contributed by atoms with Crippen molar-refractivity contribution >= 4 is 0 Å².